The number of hydrogen-bond acceptors (Lipinski definition) is 8. The lowest BCUT2D eigenvalue weighted by atomic mass is 10.1. The second-order valence-corrected chi connectivity index (χ2v) is 11.0. The first kappa shape index (κ1) is 25.6. The van der Waals surface area contributed by atoms with Gasteiger partial charge >= 0.3 is 0 Å². The maximum absolute atomic E-state index is 12.5. The summed E-state index contributed by atoms with van der Waals surface area (Å²) >= 11 is 0.774. The second-order valence-electron chi connectivity index (χ2n) is 8.08. The normalized spacial score (nSPS) is 16.6. The summed E-state index contributed by atoms with van der Waals surface area (Å²) in [4.78, 5) is 17.5. The first-order chi connectivity index (χ1) is 17.2. The molecule has 1 amide bonds. The van der Waals surface area contributed by atoms with E-state index in [2.05, 4.69) is 22.4 Å². The third-order valence-electron chi connectivity index (χ3n) is 5.48. The fraction of sp³-hybridized carbons (Fsp3) is 0.280. The topological polar surface area (TPSA) is 121 Å². The van der Waals surface area contributed by atoms with E-state index >= 15 is 0 Å². The SMILES string of the molecule is CCc1cc(C)cc(OCCOc2ccc(/C=C3/C(=N)N4C(=NC3=O)SN=C4S(=O)(=O)CC)cc2)c1. The Bertz CT molecular complexity index is 1400. The van der Waals surface area contributed by atoms with Crippen molar-refractivity contribution in [3.05, 3.63) is 64.7 Å². The van der Waals surface area contributed by atoms with Crippen LogP contribution in [0.3, 0.4) is 0 Å². The number of aliphatic imine (C=N–C) groups is 1. The van der Waals surface area contributed by atoms with Gasteiger partial charge in [0.05, 0.1) is 23.3 Å². The average Bonchev–Trinajstić information content (AvgIpc) is 3.29. The molecule has 0 atom stereocenters. The Kier molecular flexibility index (Phi) is 7.60. The smallest absolute Gasteiger partial charge is 0.283 e. The van der Waals surface area contributed by atoms with Gasteiger partial charge in [0.15, 0.2) is 0 Å². The minimum Gasteiger partial charge on any atom is -0.490 e. The summed E-state index contributed by atoms with van der Waals surface area (Å²) in [5.41, 5.74) is 2.99. The molecular weight excluding hydrogens is 500 g/mol. The van der Waals surface area contributed by atoms with E-state index in [0.717, 1.165) is 34.6 Å². The van der Waals surface area contributed by atoms with Crippen LogP contribution in [0.5, 0.6) is 11.5 Å². The van der Waals surface area contributed by atoms with Crippen molar-refractivity contribution >= 4 is 49.9 Å². The average molecular weight is 527 g/mol. The van der Waals surface area contributed by atoms with Gasteiger partial charge in [-0.1, -0.05) is 32.0 Å². The standard InChI is InChI=1S/C25H26N4O5S2/c1-4-17-12-16(3)13-20(14-17)34-11-10-33-19-8-6-18(7-9-19)15-21-22(26)29-24(27-23(21)30)35-28-25(29)36(31,32)5-2/h6-9,12-15,26H,4-5,10-11H2,1-3H3/b21-15-,26-22?. The van der Waals surface area contributed by atoms with Crippen LogP contribution in [-0.2, 0) is 21.1 Å². The Hall–Kier alpha value is -3.44. The molecule has 2 heterocycles. The van der Waals surface area contributed by atoms with Crippen molar-refractivity contribution in [3.63, 3.8) is 0 Å². The number of amidine groups is 3. The Morgan fingerprint density at radius 2 is 1.75 bits per heavy atom. The van der Waals surface area contributed by atoms with Crippen LogP contribution in [0, 0.1) is 12.3 Å². The molecule has 188 valence electrons. The van der Waals surface area contributed by atoms with Crippen molar-refractivity contribution in [2.45, 2.75) is 27.2 Å². The van der Waals surface area contributed by atoms with E-state index in [1.807, 2.05) is 19.1 Å². The van der Waals surface area contributed by atoms with Crippen LogP contribution in [0.1, 0.15) is 30.5 Å². The molecule has 2 aromatic carbocycles. The van der Waals surface area contributed by atoms with Gasteiger partial charge < -0.3 is 9.47 Å². The molecule has 0 saturated heterocycles. The number of amides is 1. The van der Waals surface area contributed by atoms with Gasteiger partial charge in [-0.2, -0.15) is 9.39 Å². The Labute approximate surface area is 214 Å². The molecule has 1 N–H and O–H groups in total. The van der Waals surface area contributed by atoms with E-state index in [-0.39, 0.29) is 27.5 Å². The van der Waals surface area contributed by atoms with Crippen LogP contribution in [0.15, 0.2) is 57.4 Å². The number of nitrogens with one attached hydrogen (secondary N) is 1. The number of rotatable bonds is 8. The minimum atomic E-state index is -3.69. The molecule has 36 heavy (non-hydrogen) atoms. The molecular formula is C25H26N4O5S2. The highest BCUT2D eigenvalue weighted by atomic mass is 32.2. The quantitative estimate of drug-likeness (QED) is 0.313. The van der Waals surface area contributed by atoms with Gasteiger partial charge in [0.2, 0.25) is 20.2 Å². The molecule has 2 aromatic rings. The lowest BCUT2D eigenvalue weighted by Gasteiger charge is -2.24. The molecule has 2 aliphatic rings. The largest absolute Gasteiger partial charge is 0.490 e. The van der Waals surface area contributed by atoms with Crippen molar-refractivity contribution in [2.24, 2.45) is 9.39 Å². The highest BCUT2D eigenvalue weighted by Crippen LogP contribution is 2.30. The molecule has 0 saturated carbocycles. The molecule has 11 heteroatoms. The summed E-state index contributed by atoms with van der Waals surface area (Å²) in [6.45, 7) is 6.39. The zero-order valence-electron chi connectivity index (χ0n) is 20.1. The molecule has 4 rings (SSSR count). The van der Waals surface area contributed by atoms with Gasteiger partial charge in [-0.05, 0) is 60.4 Å². The molecule has 0 unspecified atom stereocenters. The number of carbonyl (C=O) groups excluding carboxylic acids is 1. The third-order valence-corrected chi connectivity index (χ3v) is 7.89. The summed E-state index contributed by atoms with van der Waals surface area (Å²) in [5.74, 6) is 0.381. The van der Waals surface area contributed by atoms with Crippen LogP contribution < -0.4 is 9.47 Å². The molecule has 0 aromatic heterocycles. The fourth-order valence-electron chi connectivity index (χ4n) is 3.59. The van der Waals surface area contributed by atoms with Gasteiger partial charge in [0.1, 0.15) is 30.5 Å². The summed E-state index contributed by atoms with van der Waals surface area (Å²) in [6.07, 6.45) is 2.44. The highest BCUT2D eigenvalue weighted by molar-refractivity contribution is 8.16. The zero-order valence-corrected chi connectivity index (χ0v) is 21.8. The van der Waals surface area contributed by atoms with E-state index in [1.54, 1.807) is 24.3 Å². The van der Waals surface area contributed by atoms with E-state index in [0.29, 0.717) is 24.5 Å². The van der Waals surface area contributed by atoms with Crippen molar-refractivity contribution in [1.82, 2.24) is 4.90 Å². The van der Waals surface area contributed by atoms with E-state index < -0.39 is 15.7 Å². The number of aryl methyl sites for hydroxylation is 2. The minimum absolute atomic E-state index is 0.0214. The monoisotopic (exact) mass is 526 g/mol. The number of fused-ring (bicyclic) bond motifs is 1. The summed E-state index contributed by atoms with van der Waals surface area (Å²) in [6, 6.07) is 13.1. The van der Waals surface area contributed by atoms with E-state index in [4.69, 9.17) is 14.9 Å². The molecule has 0 radical (unpaired) electrons. The van der Waals surface area contributed by atoms with Crippen LogP contribution in [0.4, 0.5) is 0 Å². The van der Waals surface area contributed by atoms with Crippen LogP contribution >= 0.6 is 11.9 Å². The van der Waals surface area contributed by atoms with Crippen molar-refractivity contribution in [1.29, 1.82) is 5.41 Å². The molecule has 0 bridgehead atoms. The van der Waals surface area contributed by atoms with Crippen LogP contribution in [-0.4, -0.2) is 54.4 Å². The summed E-state index contributed by atoms with van der Waals surface area (Å²) in [5, 5.41) is 8.25. The number of hydrogen-bond donors (Lipinski definition) is 1. The fourth-order valence-corrected chi connectivity index (χ4v) is 5.55. The molecule has 0 spiro atoms. The predicted octanol–water partition coefficient (Wildman–Crippen LogP) is 4.03. The van der Waals surface area contributed by atoms with Gasteiger partial charge in [-0.3, -0.25) is 10.2 Å². The van der Waals surface area contributed by atoms with Crippen molar-refractivity contribution in [2.75, 3.05) is 19.0 Å². The first-order valence-electron chi connectivity index (χ1n) is 11.4. The van der Waals surface area contributed by atoms with E-state index in [1.165, 1.54) is 18.6 Å². The maximum Gasteiger partial charge on any atom is 0.283 e. The number of carbonyl (C=O) groups is 1. The molecule has 2 aliphatic heterocycles. The Morgan fingerprint density at radius 3 is 2.42 bits per heavy atom. The summed E-state index contributed by atoms with van der Waals surface area (Å²) < 4.78 is 40.2. The third kappa shape index (κ3) is 5.52. The molecule has 0 aliphatic carbocycles. The van der Waals surface area contributed by atoms with Crippen molar-refractivity contribution < 1.29 is 22.7 Å². The van der Waals surface area contributed by atoms with Gasteiger partial charge in [0, 0.05) is 0 Å². The number of nitrogens with zero attached hydrogens (tertiary/aromatic N) is 3. The number of benzene rings is 2. The number of ether oxygens (including phenoxy) is 2. The zero-order chi connectivity index (χ0) is 25.9. The van der Waals surface area contributed by atoms with Crippen LogP contribution in [0.25, 0.3) is 6.08 Å². The lowest BCUT2D eigenvalue weighted by molar-refractivity contribution is -0.114. The van der Waals surface area contributed by atoms with Crippen LogP contribution in [0.2, 0.25) is 0 Å². The van der Waals surface area contributed by atoms with Gasteiger partial charge in [-0.15, -0.1) is 0 Å². The Balaban J connectivity index is 1.39. The first-order valence-corrected chi connectivity index (χ1v) is 13.8. The molecule has 0 fully saturated rings. The predicted molar refractivity (Wildman–Crippen MR) is 142 cm³/mol. The number of sulfone groups is 1. The molecule has 9 nitrogen and oxygen atoms in total. The lowest BCUT2D eigenvalue weighted by Crippen LogP contribution is -2.45. The highest BCUT2D eigenvalue weighted by Gasteiger charge is 2.42. The second kappa shape index (κ2) is 10.7. The van der Waals surface area contributed by atoms with E-state index in [9.17, 15) is 13.2 Å². The maximum atomic E-state index is 12.5. The summed E-state index contributed by atoms with van der Waals surface area (Å²) in [7, 11) is -3.69. The van der Waals surface area contributed by atoms with Gasteiger partial charge in [0.25, 0.3) is 5.91 Å². The van der Waals surface area contributed by atoms with Crippen molar-refractivity contribution in [3.8, 4) is 11.5 Å². The van der Waals surface area contributed by atoms with Gasteiger partial charge in [-0.25, -0.2) is 13.3 Å². The Morgan fingerprint density at radius 1 is 1.06 bits per heavy atom.